The number of unbranched alkanes of at least 4 members (excludes halogenated alkanes) is 41. The van der Waals surface area contributed by atoms with E-state index >= 15 is 0 Å². The van der Waals surface area contributed by atoms with Crippen LogP contribution in [0.1, 0.15) is 309 Å². The molecule has 2 aliphatic rings. The molecule has 0 spiro atoms. The lowest BCUT2D eigenvalue weighted by Crippen LogP contribution is -2.65. The maximum Gasteiger partial charge on any atom is 0.220 e. The summed E-state index contributed by atoms with van der Waals surface area (Å²) in [7, 11) is 0. The van der Waals surface area contributed by atoms with Crippen LogP contribution >= 0.6 is 0 Å². The van der Waals surface area contributed by atoms with Gasteiger partial charge in [0.15, 0.2) is 12.6 Å². The summed E-state index contributed by atoms with van der Waals surface area (Å²) in [4.78, 5) is 13.3. The zero-order valence-corrected chi connectivity index (χ0v) is 53.7. The van der Waals surface area contributed by atoms with Crippen LogP contribution in [-0.4, -0.2) is 140 Å². The quantitative estimate of drug-likeness (QED) is 0.0204. The van der Waals surface area contributed by atoms with Crippen LogP contribution in [0.3, 0.4) is 0 Å². The minimum atomic E-state index is -1.79. The molecule has 0 saturated carbocycles. The lowest BCUT2D eigenvalue weighted by atomic mass is 9.97. The third-order valence-corrected chi connectivity index (χ3v) is 17.3. The average Bonchev–Trinajstić information content (AvgIpc) is 3.57. The van der Waals surface area contributed by atoms with E-state index in [-0.39, 0.29) is 18.9 Å². The normalized spacial score (nSPS) is 23.8. The van der Waals surface area contributed by atoms with Gasteiger partial charge in [-0.1, -0.05) is 294 Å². The first-order valence-corrected chi connectivity index (χ1v) is 35.2. The highest BCUT2D eigenvalue weighted by Crippen LogP contribution is 2.30. The van der Waals surface area contributed by atoms with Crippen LogP contribution in [0.4, 0.5) is 0 Å². The van der Waals surface area contributed by atoms with Crippen LogP contribution < -0.4 is 5.32 Å². The Morgan fingerprint density at radius 2 is 0.762 bits per heavy atom. The molecule has 2 heterocycles. The predicted molar refractivity (Wildman–Crippen MR) is 341 cm³/mol. The zero-order valence-electron chi connectivity index (χ0n) is 53.7. The van der Waals surface area contributed by atoms with Crippen molar-refractivity contribution in [3.63, 3.8) is 0 Å². The summed E-state index contributed by atoms with van der Waals surface area (Å²) in [6, 6.07) is -0.936. The minimum Gasteiger partial charge on any atom is -0.394 e. The third kappa shape index (κ3) is 39.3. The van der Waals surface area contributed by atoms with Gasteiger partial charge in [0.25, 0.3) is 0 Å². The molecule has 0 aromatic rings. The second-order valence-electron chi connectivity index (χ2n) is 25.0. The lowest BCUT2D eigenvalue weighted by Gasteiger charge is -2.46. The fraction of sp³-hybridized carbons (Fsp3) is 0.900. The van der Waals surface area contributed by atoms with Gasteiger partial charge in [-0.05, 0) is 44.9 Å². The van der Waals surface area contributed by atoms with Crippen LogP contribution in [0, 0.1) is 0 Å². The Labute approximate surface area is 512 Å². The number of hydrogen-bond acceptors (Lipinski definition) is 13. The molecule has 9 N–H and O–H groups in total. The van der Waals surface area contributed by atoms with E-state index < -0.39 is 86.8 Å². The molecule has 0 radical (unpaired) electrons. The first kappa shape index (κ1) is 78.3. The van der Waals surface area contributed by atoms with Crippen LogP contribution in [0.5, 0.6) is 0 Å². The first-order chi connectivity index (χ1) is 41.1. The second-order valence-corrected chi connectivity index (χ2v) is 25.0. The van der Waals surface area contributed by atoms with E-state index in [1.54, 1.807) is 6.08 Å². The van der Waals surface area contributed by atoms with Crippen LogP contribution in [-0.2, 0) is 23.7 Å². The van der Waals surface area contributed by atoms with E-state index in [1.807, 2.05) is 6.08 Å². The molecule has 14 heteroatoms. The number of nitrogens with one attached hydrogen (secondary N) is 1. The Morgan fingerprint density at radius 1 is 0.417 bits per heavy atom. The van der Waals surface area contributed by atoms with Crippen molar-refractivity contribution in [1.82, 2.24) is 5.32 Å². The smallest absolute Gasteiger partial charge is 0.220 e. The van der Waals surface area contributed by atoms with E-state index in [4.69, 9.17) is 18.9 Å². The number of allylic oxidation sites excluding steroid dienone is 5. The Bertz CT molecular complexity index is 1550. The van der Waals surface area contributed by atoms with Gasteiger partial charge in [0.05, 0.1) is 32.0 Å². The number of carbonyl (C=O) groups excluding carboxylic acids is 1. The summed E-state index contributed by atoms with van der Waals surface area (Å²) < 4.78 is 22.8. The van der Waals surface area contributed by atoms with Crippen molar-refractivity contribution in [1.29, 1.82) is 0 Å². The molecule has 0 aromatic heterocycles. The van der Waals surface area contributed by atoms with Gasteiger partial charge in [-0.15, -0.1) is 0 Å². The van der Waals surface area contributed by atoms with Gasteiger partial charge in [-0.2, -0.15) is 0 Å². The first-order valence-electron chi connectivity index (χ1n) is 35.2. The average molecular weight is 1190 g/mol. The van der Waals surface area contributed by atoms with Crippen molar-refractivity contribution in [3.8, 4) is 0 Å². The molecule has 12 unspecified atom stereocenters. The predicted octanol–water partition coefficient (Wildman–Crippen LogP) is 14.1. The topological polar surface area (TPSA) is 228 Å². The monoisotopic (exact) mass is 1190 g/mol. The Kier molecular flexibility index (Phi) is 51.5. The maximum absolute atomic E-state index is 13.3. The molecular formula is C70H131NO13. The number of amides is 1. The second kappa shape index (κ2) is 55.3. The lowest BCUT2D eigenvalue weighted by molar-refractivity contribution is -0.359. The highest BCUT2D eigenvalue weighted by molar-refractivity contribution is 5.76. The summed E-state index contributed by atoms with van der Waals surface area (Å²) in [5.41, 5.74) is 0. The molecule has 0 aliphatic carbocycles. The fourth-order valence-corrected chi connectivity index (χ4v) is 11.7. The van der Waals surface area contributed by atoms with Crippen LogP contribution in [0.2, 0.25) is 0 Å². The molecule has 2 fully saturated rings. The highest BCUT2D eigenvalue weighted by Gasteiger charge is 2.51. The summed E-state index contributed by atoms with van der Waals surface area (Å²) in [5.74, 6) is -0.248. The van der Waals surface area contributed by atoms with Crippen LogP contribution in [0.25, 0.3) is 0 Å². The van der Waals surface area contributed by atoms with E-state index in [9.17, 15) is 45.6 Å². The Hall–Kier alpha value is -1.79. The summed E-state index contributed by atoms with van der Waals surface area (Å²) in [5, 5.41) is 87.2. The van der Waals surface area contributed by atoms with Crippen molar-refractivity contribution in [2.24, 2.45) is 0 Å². The Balaban J connectivity index is 1.60. The Morgan fingerprint density at radius 3 is 1.17 bits per heavy atom. The van der Waals surface area contributed by atoms with Gasteiger partial charge in [-0.25, -0.2) is 0 Å². The molecule has 0 bridgehead atoms. The SMILES string of the molecule is CCCCCCC/C=C/CC/C=C/CC/C=C/C(O)C(COC1OC(CO)C(OC2OC(CO)C(O)C(O)C2O)C(O)C1O)NC(=O)CCCCCCCCCCCCCCCCCCCCCCCCCCCCCCCCCCCCC. The summed E-state index contributed by atoms with van der Waals surface area (Å²) in [6.45, 7) is 2.79. The fourth-order valence-electron chi connectivity index (χ4n) is 11.7. The van der Waals surface area contributed by atoms with E-state index in [0.29, 0.717) is 12.8 Å². The van der Waals surface area contributed by atoms with E-state index in [2.05, 4.69) is 43.5 Å². The number of rotatable bonds is 58. The molecule has 2 saturated heterocycles. The molecule has 2 rings (SSSR count). The molecule has 14 nitrogen and oxygen atoms in total. The number of hydrogen-bond donors (Lipinski definition) is 9. The standard InChI is InChI=1S/C70H131NO13/c1-3-5-7-9-11-13-15-17-19-20-21-22-23-24-25-26-27-28-29-30-31-32-33-34-35-36-37-38-40-42-44-46-48-50-52-54-62(75)71-58(59(74)53-51-49-47-45-43-41-39-18-16-14-12-10-8-6-4-2)57-81-69-67(80)65(78)68(61(56-73)83-69)84-70-66(79)64(77)63(76)60(55-72)82-70/h16,18,43,45,51,53,58-61,63-70,72-74,76-80H,3-15,17,19-42,44,46-50,52,54-57H2,1-2H3,(H,71,75)/b18-16+,45-43+,53-51+. The van der Waals surface area contributed by atoms with Crippen molar-refractivity contribution in [3.05, 3.63) is 36.5 Å². The van der Waals surface area contributed by atoms with Crippen molar-refractivity contribution >= 4 is 5.91 Å². The molecule has 0 aromatic carbocycles. The third-order valence-electron chi connectivity index (χ3n) is 17.3. The van der Waals surface area contributed by atoms with Gasteiger partial charge >= 0.3 is 0 Å². The van der Waals surface area contributed by atoms with Crippen LogP contribution in [0.15, 0.2) is 36.5 Å². The van der Waals surface area contributed by atoms with Gasteiger partial charge in [-0.3, -0.25) is 4.79 Å². The zero-order chi connectivity index (χ0) is 60.9. The van der Waals surface area contributed by atoms with E-state index in [1.165, 1.54) is 231 Å². The minimum absolute atomic E-state index is 0.248. The van der Waals surface area contributed by atoms with Crippen molar-refractivity contribution in [2.45, 2.75) is 383 Å². The maximum atomic E-state index is 13.3. The molecular weight excluding hydrogens is 1060 g/mol. The van der Waals surface area contributed by atoms with Crippen molar-refractivity contribution < 1.29 is 64.6 Å². The highest BCUT2D eigenvalue weighted by atomic mass is 16.7. The number of aliphatic hydroxyl groups excluding tert-OH is 8. The largest absolute Gasteiger partial charge is 0.394 e. The summed E-state index contributed by atoms with van der Waals surface area (Å²) >= 11 is 0. The number of carbonyl (C=O) groups is 1. The molecule has 84 heavy (non-hydrogen) atoms. The van der Waals surface area contributed by atoms with Gasteiger partial charge in [0.2, 0.25) is 5.91 Å². The summed E-state index contributed by atoms with van der Waals surface area (Å²) in [6.07, 6.45) is 53.8. The molecule has 1 amide bonds. The molecule has 494 valence electrons. The van der Waals surface area contributed by atoms with E-state index in [0.717, 1.165) is 44.9 Å². The van der Waals surface area contributed by atoms with Gasteiger partial charge < -0.3 is 65.1 Å². The van der Waals surface area contributed by atoms with Gasteiger partial charge in [0.1, 0.15) is 48.8 Å². The van der Waals surface area contributed by atoms with Gasteiger partial charge in [0, 0.05) is 6.42 Å². The molecule has 2 aliphatic heterocycles. The van der Waals surface area contributed by atoms with Crippen molar-refractivity contribution in [2.75, 3.05) is 19.8 Å². The number of aliphatic hydroxyl groups is 8. The molecule has 12 atom stereocenters. The number of ether oxygens (including phenoxy) is 4.